The lowest BCUT2D eigenvalue weighted by Crippen LogP contribution is -2.31. The molecule has 2 aliphatic rings. The van der Waals surface area contributed by atoms with Gasteiger partial charge >= 0.3 is 5.97 Å². The molecule has 2 aromatic carbocycles. The topological polar surface area (TPSA) is 49.3 Å². The van der Waals surface area contributed by atoms with Gasteiger partial charge in [0.25, 0.3) is 0 Å². The number of benzene rings is 2. The Kier molecular flexibility index (Phi) is 4.19. The predicted octanol–water partition coefficient (Wildman–Crippen LogP) is 6.17. The van der Waals surface area contributed by atoms with E-state index in [1.165, 1.54) is 0 Å². The van der Waals surface area contributed by atoms with Crippen LogP contribution in [0.15, 0.2) is 42.5 Å². The molecule has 0 fully saturated rings. The van der Waals surface area contributed by atoms with Crippen molar-refractivity contribution in [2.75, 3.05) is 5.32 Å². The zero-order chi connectivity index (χ0) is 17.7. The van der Waals surface area contributed by atoms with Gasteiger partial charge in [-0.2, -0.15) is 0 Å². The molecule has 1 aliphatic carbocycles. The van der Waals surface area contributed by atoms with E-state index < -0.39 is 5.97 Å². The molecule has 2 aromatic rings. The van der Waals surface area contributed by atoms with Crippen LogP contribution in [0.5, 0.6) is 0 Å². The minimum Gasteiger partial charge on any atom is -0.478 e. The van der Waals surface area contributed by atoms with Gasteiger partial charge in [-0.15, -0.1) is 0 Å². The third kappa shape index (κ3) is 2.62. The van der Waals surface area contributed by atoms with Gasteiger partial charge in [-0.25, -0.2) is 4.79 Å². The van der Waals surface area contributed by atoms with Crippen LogP contribution in [0.2, 0.25) is 15.1 Å². The highest BCUT2D eigenvalue weighted by Crippen LogP contribution is 2.53. The first-order chi connectivity index (χ1) is 12.0. The monoisotopic (exact) mass is 393 g/mol. The number of carboxylic acids is 1. The summed E-state index contributed by atoms with van der Waals surface area (Å²) in [6, 6.07) is 8.66. The maximum absolute atomic E-state index is 11.7. The van der Waals surface area contributed by atoms with Crippen LogP contribution in [0.3, 0.4) is 0 Å². The highest BCUT2D eigenvalue weighted by molar-refractivity contribution is 6.42. The summed E-state index contributed by atoms with van der Waals surface area (Å²) in [7, 11) is 0. The molecule has 4 rings (SSSR count). The third-order valence-electron chi connectivity index (χ3n) is 5.02. The maximum atomic E-state index is 11.7. The Labute approximate surface area is 160 Å². The fourth-order valence-corrected chi connectivity index (χ4v) is 4.57. The van der Waals surface area contributed by atoms with Gasteiger partial charge in [0.15, 0.2) is 0 Å². The molecule has 3 atom stereocenters. The van der Waals surface area contributed by atoms with Crippen LogP contribution in [-0.4, -0.2) is 11.1 Å². The first-order valence-electron chi connectivity index (χ1n) is 7.92. The largest absolute Gasteiger partial charge is 0.478 e. The summed E-state index contributed by atoms with van der Waals surface area (Å²) in [5, 5.41) is 14.5. The van der Waals surface area contributed by atoms with E-state index in [-0.39, 0.29) is 23.4 Å². The predicted molar refractivity (Wildman–Crippen MR) is 101 cm³/mol. The standard InChI is InChI=1S/C19H14Cl3NO2/c20-13-6-2-5-12(16(13)22)17-10-4-1-3-9(10)15-11(19(24)25)7-8-14(21)18(15)23-17/h1-3,5-10,17,23H,4H2,(H,24,25)/t9-,10+,17-/m1/s1. The van der Waals surface area contributed by atoms with Gasteiger partial charge in [0.2, 0.25) is 0 Å². The quantitative estimate of drug-likeness (QED) is 0.599. The summed E-state index contributed by atoms with van der Waals surface area (Å²) >= 11 is 19.0. The average Bonchev–Trinajstić information content (AvgIpc) is 3.07. The van der Waals surface area contributed by atoms with Crippen LogP contribution in [0.25, 0.3) is 0 Å². The molecule has 25 heavy (non-hydrogen) atoms. The molecule has 0 unspecified atom stereocenters. The van der Waals surface area contributed by atoms with Crippen LogP contribution in [0.4, 0.5) is 5.69 Å². The highest BCUT2D eigenvalue weighted by atomic mass is 35.5. The number of carboxylic acid groups (broad SMARTS) is 1. The number of hydrogen-bond acceptors (Lipinski definition) is 2. The fourth-order valence-electron chi connectivity index (χ4n) is 3.93. The van der Waals surface area contributed by atoms with E-state index in [9.17, 15) is 9.90 Å². The molecular formula is C19H14Cl3NO2. The average molecular weight is 395 g/mol. The van der Waals surface area contributed by atoms with Gasteiger partial charge in [-0.05, 0) is 41.7 Å². The Morgan fingerprint density at radius 1 is 1.12 bits per heavy atom. The van der Waals surface area contributed by atoms with Gasteiger partial charge in [0.05, 0.1) is 32.4 Å². The van der Waals surface area contributed by atoms with Crippen molar-refractivity contribution in [3.05, 3.63) is 74.2 Å². The van der Waals surface area contributed by atoms with Crippen molar-refractivity contribution in [2.24, 2.45) is 5.92 Å². The minimum atomic E-state index is -0.951. The molecule has 2 N–H and O–H groups in total. The van der Waals surface area contributed by atoms with E-state index in [0.29, 0.717) is 20.8 Å². The first kappa shape index (κ1) is 16.8. The van der Waals surface area contributed by atoms with Gasteiger partial charge < -0.3 is 10.4 Å². The molecule has 1 aliphatic heterocycles. The third-order valence-corrected chi connectivity index (χ3v) is 6.16. The number of fused-ring (bicyclic) bond motifs is 3. The number of nitrogens with one attached hydrogen (secondary N) is 1. The number of aromatic carboxylic acids is 1. The van der Waals surface area contributed by atoms with E-state index in [1.807, 2.05) is 12.1 Å². The van der Waals surface area contributed by atoms with Crippen LogP contribution in [-0.2, 0) is 0 Å². The van der Waals surface area contributed by atoms with E-state index in [2.05, 4.69) is 17.5 Å². The van der Waals surface area contributed by atoms with Gasteiger partial charge in [-0.3, -0.25) is 0 Å². The van der Waals surface area contributed by atoms with Gasteiger partial charge in [0, 0.05) is 5.92 Å². The Morgan fingerprint density at radius 3 is 2.68 bits per heavy atom. The van der Waals surface area contributed by atoms with Crippen molar-refractivity contribution < 1.29 is 9.90 Å². The van der Waals surface area contributed by atoms with Crippen molar-refractivity contribution in [1.29, 1.82) is 0 Å². The van der Waals surface area contributed by atoms with Crippen molar-refractivity contribution in [3.63, 3.8) is 0 Å². The summed E-state index contributed by atoms with van der Waals surface area (Å²) in [6.45, 7) is 0. The molecule has 3 nitrogen and oxygen atoms in total. The summed E-state index contributed by atoms with van der Waals surface area (Å²) in [6.07, 6.45) is 4.98. The van der Waals surface area contributed by atoms with Crippen molar-refractivity contribution >= 4 is 46.5 Å². The van der Waals surface area contributed by atoms with Crippen LogP contribution < -0.4 is 5.32 Å². The van der Waals surface area contributed by atoms with E-state index in [1.54, 1.807) is 18.2 Å². The number of rotatable bonds is 2. The second kappa shape index (κ2) is 6.24. The lowest BCUT2D eigenvalue weighted by atomic mass is 9.75. The summed E-state index contributed by atoms with van der Waals surface area (Å²) in [4.78, 5) is 11.7. The smallest absolute Gasteiger partial charge is 0.336 e. The molecule has 0 spiro atoms. The lowest BCUT2D eigenvalue weighted by molar-refractivity contribution is 0.0695. The zero-order valence-corrected chi connectivity index (χ0v) is 15.2. The van der Waals surface area contributed by atoms with Crippen molar-refractivity contribution in [2.45, 2.75) is 18.4 Å². The number of carbonyl (C=O) groups is 1. The Bertz CT molecular complexity index is 910. The van der Waals surface area contributed by atoms with Gasteiger partial charge in [-0.1, -0.05) is 59.1 Å². The Hall–Kier alpha value is -1.68. The first-order valence-corrected chi connectivity index (χ1v) is 9.05. The summed E-state index contributed by atoms with van der Waals surface area (Å²) in [5.74, 6) is -0.825. The number of halogens is 3. The molecule has 128 valence electrons. The van der Waals surface area contributed by atoms with Gasteiger partial charge in [0.1, 0.15) is 0 Å². The summed E-state index contributed by atoms with van der Waals surface area (Å²) < 4.78 is 0. The van der Waals surface area contributed by atoms with Crippen LogP contribution in [0, 0.1) is 5.92 Å². The zero-order valence-electron chi connectivity index (χ0n) is 13.0. The SMILES string of the molecule is O=C(O)c1ccc(Cl)c2c1[C@@H]1C=CC[C@@H]1[C@H](c1cccc(Cl)c1Cl)N2. The maximum Gasteiger partial charge on any atom is 0.336 e. The number of anilines is 1. The molecule has 1 heterocycles. The lowest BCUT2D eigenvalue weighted by Gasteiger charge is -2.39. The second-order valence-corrected chi connectivity index (χ2v) is 7.50. The van der Waals surface area contributed by atoms with Crippen LogP contribution >= 0.6 is 34.8 Å². The van der Waals surface area contributed by atoms with Crippen LogP contribution in [0.1, 0.15) is 39.9 Å². The molecule has 6 heteroatoms. The molecule has 0 radical (unpaired) electrons. The van der Waals surface area contributed by atoms with E-state index in [4.69, 9.17) is 34.8 Å². The van der Waals surface area contributed by atoms with E-state index in [0.717, 1.165) is 17.5 Å². The minimum absolute atomic E-state index is 0.0268. The molecule has 0 bridgehead atoms. The Morgan fingerprint density at radius 2 is 1.92 bits per heavy atom. The molecule has 0 aromatic heterocycles. The molecule has 0 saturated heterocycles. The number of allylic oxidation sites excluding steroid dienone is 2. The van der Waals surface area contributed by atoms with Crippen molar-refractivity contribution in [1.82, 2.24) is 0 Å². The summed E-state index contributed by atoms with van der Waals surface area (Å²) in [5.41, 5.74) is 2.59. The molecule has 0 amide bonds. The Balaban J connectivity index is 1.90. The van der Waals surface area contributed by atoms with Crippen molar-refractivity contribution in [3.8, 4) is 0 Å². The fraction of sp³-hybridized carbons (Fsp3) is 0.211. The molecule has 0 saturated carbocycles. The molecular weight excluding hydrogens is 381 g/mol. The normalized spacial score (nSPS) is 23.7. The second-order valence-electron chi connectivity index (χ2n) is 6.31. The van der Waals surface area contributed by atoms with E-state index >= 15 is 0 Å². The highest BCUT2D eigenvalue weighted by Gasteiger charge is 2.41. The number of hydrogen-bond donors (Lipinski definition) is 2.